The van der Waals surface area contributed by atoms with Crippen molar-refractivity contribution in [1.29, 1.82) is 5.26 Å². The summed E-state index contributed by atoms with van der Waals surface area (Å²) in [6, 6.07) is 4.95. The number of fused-ring (bicyclic) bond motifs is 1. The van der Waals surface area contributed by atoms with Crippen molar-refractivity contribution in [3.8, 4) is 6.07 Å². The fourth-order valence-electron chi connectivity index (χ4n) is 0.997. The summed E-state index contributed by atoms with van der Waals surface area (Å²) in [5.74, 6) is -0.469. The van der Waals surface area contributed by atoms with Crippen molar-refractivity contribution in [2.45, 2.75) is 0 Å². The Bertz CT molecular complexity index is 469. The van der Waals surface area contributed by atoms with Gasteiger partial charge in [-0.1, -0.05) is 0 Å². The first-order chi connectivity index (χ1) is 5.83. The van der Waals surface area contributed by atoms with Crippen LogP contribution < -0.4 is 0 Å². The molecule has 0 aliphatic carbocycles. The average molecular weight is 178 g/mol. The lowest BCUT2D eigenvalue weighted by molar-refractivity contribution is 0.636. The largest absolute Gasteiger partial charge is 0.205 e. The molecule has 0 spiro atoms. The summed E-state index contributed by atoms with van der Waals surface area (Å²) in [7, 11) is 0. The minimum atomic E-state index is -0.469. The van der Waals surface area contributed by atoms with Crippen molar-refractivity contribution in [1.82, 2.24) is 4.37 Å². The first kappa shape index (κ1) is 7.19. The van der Waals surface area contributed by atoms with E-state index < -0.39 is 5.82 Å². The van der Waals surface area contributed by atoms with Crippen LogP contribution in [-0.2, 0) is 0 Å². The molecule has 4 heteroatoms. The number of halogens is 1. The van der Waals surface area contributed by atoms with Crippen LogP contribution in [0.5, 0.6) is 0 Å². The summed E-state index contributed by atoms with van der Waals surface area (Å²) in [6.45, 7) is 0. The van der Waals surface area contributed by atoms with Crippen LogP contribution in [0.15, 0.2) is 18.3 Å². The molecule has 0 unspecified atom stereocenters. The lowest BCUT2D eigenvalue weighted by atomic mass is 10.2. The number of nitrogens with zero attached hydrogens (tertiary/aromatic N) is 2. The predicted molar refractivity (Wildman–Crippen MR) is 44.3 cm³/mol. The standard InChI is InChI=1S/C8H3FN2S/c9-8-5(3-10)1-2-7-6(8)4-11-12-7/h1-2,4H. The SMILES string of the molecule is N#Cc1ccc2sncc2c1F. The number of aromatic nitrogens is 1. The number of hydrogen-bond donors (Lipinski definition) is 0. The molecule has 1 aromatic carbocycles. The fraction of sp³-hybridized carbons (Fsp3) is 0. The van der Waals surface area contributed by atoms with Gasteiger partial charge in [-0.25, -0.2) is 4.39 Å². The number of rotatable bonds is 0. The van der Waals surface area contributed by atoms with Crippen molar-refractivity contribution >= 4 is 21.6 Å². The molecule has 2 rings (SSSR count). The van der Waals surface area contributed by atoms with Crippen LogP contribution in [0.2, 0.25) is 0 Å². The molecule has 58 valence electrons. The van der Waals surface area contributed by atoms with E-state index in [4.69, 9.17) is 5.26 Å². The lowest BCUT2D eigenvalue weighted by Crippen LogP contribution is -1.81. The molecule has 12 heavy (non-hydrogen) atoms. The Hall–Kier alpha value is -1.47. The first-order valence-electron chi connectivity index (χ1n) is 3.26. The molecule has 0 aliphatic rings. The van der Waals surface area contributed by atoms with Crippen molar-refractivity contribution in [2.24, 2.45) is 0 Å². The molecular formula is C8H3FN2S. The quantitative estimate of drug-likeness (QED) is 0.620. The van der Waals surface area contributed by atoms with Crippen molar-refractivity contribution in [3.63, 3.8) is 0 Å². The van der Waals surface area contributed by atoms with Crippen molar-refractivity contribution < 1.29 is 4.39 Å². The number of nitriles is 1. The van der Waals surface area contributed by atoms with E-state index in [9.17, 15) is 4.39 Å². The van der Waals surface area contributed by atoms with Crippen LogP contribution in [-0.4, -0.2) is 4.37 Å². The average Bonchev–Trinajstić information content (AvgIpc) is 2.53. The Morgan fingerprint density at radius 2 is 2.33 bits per heavy atom. The van der Waals surface area contributed by atoms with Crippen molar-refractivity contribution in [2.75, 3.05) is 0 Å². The van der Waals surface area contributed by atoms with Crippen molar-refractivity contribution in [3.05, 3.63) is 29.7 Å². The molecule has 0 N–H and O–H groups in total. The smallest absolute Gasteiger partial charge is 0.151 e. The maximum Gasteiger partial charge on any atom is 0.151 e. The Morgan fingerprint density at radius 3 is 3.08 bits per heavy atom. The second kappa shape index (κ2) is 2.54. The van der Waals surface area contributed by atoms with Gasteiger partial charge in [-0.3, -0.25) is 0 Å². The molecular weight excluding hydrogens is 175 g/mol. The molecule has 1 heterocycles. The summed E-state index contributed by atoms with van der Waals surface area (Å²) < 4.78 is 17.8. The highest BCUT2D eigenvalue weighted by Crippen LogP contribution is 2.22. The van der Waals surface area contributed by atoms with E-state index >= 15 is 0 Å². The van der Waals surface area contributed by atoms with E-state index in [1.54, 1.807) is 12.1 Å². The highest BCUT2D eigenvalue weighted by molar-refractivity contribution is 7.13. The second-order valence-electron chi connectivity index (χ2n) is 2.28. The van der Waals surface area contributed by atoms with Gasteiger partial charge in [0.25, 0.3) is 0 Å². The lowest BCUT2D eigenvalue weighted by Gasteiger charge is -1.92. The van der Waals surface area contributed by atoms with Crippen LogP contribution >= 0.6 is 11.5 Å². The second-order valence-corrected chi connectivity index (χ2v) is 3.11. The third-order valence-electron chi connectivity index (χ3n) is 1.59. The minimum Gasteiger partial charge on any atom is -0.205 e. The third-order valence-corrected chi connectivity index (χ3v) is 2.36. The predicted octanol–water partition coefficient (Wildman–Crippen LogP) is 2.31. The number of benzene rings is 1. The topological polar surface area (TPSA) is 36.7 Å². The summed E-state index contributed by atoms with van der Waals surface area (Å²) in [5, 5.41) is 8.94. The van der Waals surface area contributed by atoms with Gasteiger partial charge >= 0.3 is 0 Å². The van der Waals surface area contributed by atoms with Crippen LogP contribution in [0.4, 0.5) is 4.39 Å². The zero-order chi connectivity index (χ0) is 8.55. The molecule has 2 aromatic rings. The van der Waals surface area contributed by atoms with E-state index in [0.717, 1.165) is 4.70 Å². The van der Waals surface area contributed by atoms with Gasteiger partial charge < -0.3 is 0 Å². The molecule has 0 amide bonds. The minimum absolute atomic E-state index is 0.0719. The summed E-state index contributed by atoms with van der Waals surface area (Å²) in [6.07, 6.45) is 1.44. The Balaban J connectivity index is 2.89. The molecule has 1 aromatic heterocycles. The Morgan fingerprint density at radius 1 is 1.50 bits per heavy atom. The molecule has 0 fully saturated rings. The molecule has 0 saturated carbocycles. The van der Waals surface area contributed by atoms with E-state index in [-0.39, 0.29) is 5.56 Å². The van der Waals surface area contributed by atoms with E-state index in [1.807, 2.05) is 0 Å². The zero-order valence-corrected chi connectivity index (χ0v) is 6.73. The highest BCUT2D eigenvalue weighted by atomic mass is 32.1. The van der Waals surface area contributed by atoms with Gasteiger partial charge in [0.15, 0.2) is 5.82 Å². The first-order valence-corrected chi connectivity index (χ1v) is 4.03. The van der Waals surface area contributed by atoms with Crippen LogP contribution in [0.1, 0.15) is 5.56 Å². The van der Waals surface area contributed by atoms with E-state index in [1.165, 1.54) is 23.8 Å². The van der Waals surface area contributed by atoms with Gasteiger partial charge in [0, 0.05) is 5.39 Å². The summed E-state index contributed by atoms with van der Waals surface area (Å²) >= 11 is 1.22. The van der Waals surface area contributed by atoms with Gasteiger partial charge in [0.1, 0.15) is 6.07 Å². The van der Waals surface area contributed by atoms with Gasteiger partial charge in [0.05, 0.1) is 16.5 Å². The molecule has 0 bridgehead atoms. The summed E-state index contributed by atoms with van der Waals surface area (Å²) in [4.78, 5) is 0. The maximum absolute atomic E-state index is 13.2. The zero-order valence-electron chi connectivity index (χ0n) is 5.91. The van der Waals surface area contributed by atoms with E-state index in [0.29, 0.717) is 5.39 Å². The maximum atomic E-state index is 13.2. The van der Waals surface area contributed by atoms with Gasteiger partial charge in [0.2, 0.25) is 0 Å². The van der Waals surface area contributed by atoms with Gasteiger partial charge in [-0.15, -0.1) is 0 Å². The van der Waals surface area contributed by atoms with Gasteiger partial charge in [-0.2, -0.15) is 9.64 Å². The number of hydrogen-bond acceptors (Lipinski definition) is 3. The molecule has 2 nitrogen and oxygen atoms in total. The molecule has 0 radical (unpaired) electrons. The fourth-order valence-corrected chi connectivity index (χ4v) is 1.64. The Labute approximate surface area is 72.0 Å². The molecule has 0 atom stereocenters. The normalized spacial score (nSPS) is 10.0. The molecule has 0 aliphatic heterocycles. The third kappa shape index (κ3) is 0.874. The van der Waals surface area contributed by atoms with Crippen LogP contribution in [0.3, 0.4) is 0 Å². The van der Waals surface area contributed by atoms with Crippen LogP contribution in [0.25, 0.3) is 10.1 Å². The monoisotopic (exact) mass is 178 g/mol. The summed E-state index contributed by atoms with van der Waals surface area (Å²) in [5.41, 5.74) is 0.0719. The highest BCUT2D eigenvalue weighted by Gasteiger charge is 2.07. The van der Waals surface area contributed by atoms with Gasteiger partial charge in [-0.05, 0) is 23.7 Å². The Kier molecular flexibility index (Phi) is 1.52. The van der Waals surface area contributed by atoms with E-state index in [2.05, 4.69) is 4.37 Å². The van der Waals surface area contributed by atoms with Crippen LogP contribution in [0, 0.1) is 17.1 Å². The molecule has 0 saturated heterocycles.